The van der Waals surface area contributed by atoms with Gasteiger partial charge in [0, 0.05) is 0 Å². The highest BCUT2D eigenvalue weighted by Gasteiger charge is 2.30. The Balaban J connectivity index is 4.10. The Morgan fingerprint density at radius 2 is 2.07 bits per heavy atom. The summed E-state index contributed by atoms with van der Waals surface area (Å²) in [7, 11) is 0. The molecule has 0 aromatic rings. The van der Waals surface area contributed by atoms with Crippen LogP contribution in [0.2, 0.25) is 0 Å². The maximum Gasteiger partial charge on any atom is 0.343 e. The average Bonchev–Trinajstić information content (AvgIpc) is 2.24. The summed E-state index contributed by atoms with van der Waals surface area (Å²) in [5, 5.41) is 36.1. The van der Waals surface area contributed by atoms with E-state index in [0.717, 1.165) is 0 Å². The molecular formula is C6H12N2O7. The van der Waals surface area contributed by atoms with Gasteiger partial charge in [0.05, 0.1) is 18.1 Å². The van der Waals surface area contributed by atoms with Crippen LogP contribution in [-0.4, -0.2) is 58.1 Å². The highest BCUT2D eigenvalue weighted by Crippen LogP contribution is 1.98. The van der Waals surface area contributed by atoms with Crippen molar-refractivity contribution in [3.63, 3.8) is 0 Å². The second kappa shape index (κ2) is 7.20. The molecule has 0 amide bonds. The van der Waals surface area contributed by atoms with Gasteiger partial charge in [-0.3, -0.25) is 15.0 Å². The van der Waals surface area contributed by atoms with Gasteiger partial charge >= 0.3 is 6.23 Å². The van der Waals surface area contributed by atoms with E-state index in [2.05, 4.69) is 4.84 Å². The standard InChI is InChI=1S/C6H12N2O7/c9-1-4(2-10)7-15-5(3-11)6(12)8(13)14/h1,4-7,10-12H,2-3H2. The largest absolute Gasteiger partial charge is 0.394 e. The number of aliphatic hydroxyl groups excluding tert-OH is 3. The average molecular weight is 224 g/mol. The Labute approximate surface area is 84.4 Å². The van der Waals surface area contributed by atoms with E-state index in [1.165, 1.54) is 0 Å². The maximum absolute atomic E-state index is 10.2. The minimum absolute atomic E-state index is 0.312. The van der Waals surface area contributed by atoms with Crippen LogP contribution in [-0.2, 0) is 9.63 Å². The summed E-state index contributed by atoms with van der Waals surface area (Å²) < 4.78 is 0. The van der Waals surface area contributed by atoms with E-state index in [-0.39, 0.29) is 0 Å². The third-order valence-electron chi connectivity index (χ3n) is 1.46. The van der Waals surface area contributed by atoms with Gasteiger partial charge in [-0.15, -0.1) is 0 Å². The lowest BCUT2D eigenvalue weighted by Crippen LogP contribution is -2.45. The van der Waals surface area contributed by atoms with Gasteiger partial charge in [-0.1, -0.05) is 0 Å². The number of carbonyl (C=O) groups is 1. The Morgan fingerprint density at radius 1 is 1.47 bits per heavy atom. The molecule has 88 valence electrons. The van der Waals surface area contributed by atoms with Crippen LogP contribution in [0.25, 0.3) is 0 Å². The molecule has 0 radical (unpaired) electrons. The highest BCUT2D eigenvalue weighted by atomic mass is 16.7. The lowest BCUT2D eigenvalue weighted by Gasteiger charge is -2.17. The Bertz CT molecular complexity index is 212. The van der Waals surface area contributed by atoms with E-state index in [1.54, 1.807) is 0 Å². The van der Waals surface area contributed by atoms with Crippen molar-refractivity contribution in [2.75, 3.05) is 13.2 Å². The molecule has 0 rings (SSSR count). The number of aliphatic hydroxyl groups is 3. The fourth-order valence-corrected chi connectivity index (χ4v) is 0.611. The predicted molar refractivity (Wildman–Crippen MR) is 45.0 cm³/mol. The van der Waals surface area contributed by atoms with Crippen molar-refractivity contribution in [3.05, 3.63) is 10.1 Å². The first-order valence-corrected chi connectivity index (χ1v) is 3.96. The molecule has 15 heavy (non-hydrogen) atoms. The summed E-state index contributed by atoms with van der Waals surface area (Å²) in [6.07, 6.45) is -3.32. The SMILES string of the molecule is O=CC(CO)NOC(CO)C(O)[N+](=O)[O-]. The minimum atomic E-state index is -2.12. The lowest BCUT2D eigenvalue weighted by molar-refractivity contribution is -0.585. The van der Waals surface area contributed by atoms with Crippen LogP contribution in [0, 0.1) is 10.1 Å². The summed E-state index contributed by atoms with van der Waals surface area (Å²) in [4.78, 5) is 23.7. The zero-order valence-electron chi connectivity index (χ0n) is 7.65. The first-order valence-electron chi connectivity index (χ1n) is 3.96. The molecule has 3 unspecified atom stereocenters. The van der Waals surface area contributed by atoms with Crippen molar-refractivity contribution in [1.82, 2.24) is 5.48 Å². The molecule has 0 saturated heterocycles. The van der Waals surface area contributed by atoms with E-state index in [4.69, 9.17) is 15.3 Å². The molecule has 0 aliphatic heterocycles. The molecule has 0 aromatic carbocycles. The zero-order chi connectivity index (χ0) is 11.8. The van der Waals surface area contributed by atoms with Crippen LogP contribution in [0.15, 0.2) is 0 Å². The van der Waals surface area contributed by atoms with Crippen LogP contribution < -0.4 is 5.48 Å². The number of nitro groups is 1. The Hall–Kier alpha value is -1.13. The summed E-state index contributed by atoms with van der Waals surface area (Å²) >= 11 is 0. The number of carbonyl (C=O) groups excluding carboxylic acids is 1. The van der Waals surface area contributed by atoms with Gasteiger partial charge < -0.3 is 20.1 Å². The molecule has 9 heteroatoms. The van der Waals surface area contributed by atoms with Crippen LogP contribution >= 0.6 is 0 Å². The molecule has 3 atom stereocenters. The molecule has 0 bridgehead atoms. The van der Waals surface area contributed by atoms with Crippen LogP contribution in [0.5, 0.6) is 0 Å². The van der Waals surface area contributed by atoms with E-state index in [1.807, 2.05) is 5.48 Å². The van der Waals surface area contributed by atoms with Crippen molar-refractivity contribution < 1.29 is 29.9 Å². The van der Waals surface area contributed by atoms with E-state index in [9.17, 15) is 14.9 Å². The minimum Gasteiger partial charge on any atom is -0.394 e. The number of nitrogens with one attached hydrogen (secondary N) is 1. The predicted octanol–water partition coefficient (Wildman–Crippen LogP) is -2.98. The summed E-state index contributed by atoms with van der Waals surface area (Å²) in [5.41, 5.74) is 1.96. The Kier molecular flexibility index (Phi) is 6.66. The summed E-state index contributed by atoms with van der Waals surface area (Å²) in [6.45, 7) is -1.39. The van der Waals surface area contributed by atoms with Gasteiger partial charge in [-0.25, -0.2) is 0 Å². The van der Waals surface area contributed by atoms with E-state index >= 15 is 0 Å². The van der Waals surface area contributed by atoms with E-state index < -0.39 is 36.5 Å². The third kappa shape index (κ3) is 4.76. The van der Waals surface area contributed by atoms with Gasteiger partial charge in [0.2, 0.25) is 0 Å². The molecule has 0 fully saturated rings. The third-order valence-corrected chi connectivity index (χ3v) is 1.46. The molecular weight excluding hydrogens is 212 g/mol. The van der Waals surface area contributed by atoms with E-state index in [0.29, 0.717) is 6.29 Å². The fourth-order valence-electron chi connectivity index (χ4n) is 0.611. The smallest absolute Gasteiger partial charge is 0.343 e. The Morgan fingerprint density at radius 3 is 2.40 bits per heavy atom. The second-order valence-corrected chi connectivity index (χ2v) is 2.58. The summed E-state index contributed by atoms with van der Waals surface area (Å²) in [6, 6.07) is -1.07. The molecule has 0 saturated carbocycles. The van der Waals surface area contributed by atoms with Crippen LogP contribution in [0.1, 0.15) is 0 Å². The van der Waals surface area contributed by atoms with Crippen molar-refractivity contribution >= 4 is 6.29 Å². The van der Waals surface area contributed by atoms with Crippen molar-refractivity contribution in [2.45, 2.75) is 18.4 Å². The lowest BCUT2D eigenvalue weighted by atomic mass is 10.3. The van der Waals surface area contributed by atoms with Gasteiger partial charge in [-0.2, -0.15) is 5.48 Å². The van der Waals surface area contributed by atoms with Crippen LogP contribution in [0.3, 0.4) is 0 Å². The number of hydrogen-bond donors (Lipinski definition) is 4. The molecule has 0 spiro atoms. The number of hydroxylamine groups is 1. The van der Waals surface area contributed by atoms with Crippen molar-refractivity contribution in [3.8, 4) is 0 Å². The molecule has 0 aliphatic rings. The van der Waals surface area contributed by atoms with Crippen molar-refractivity contribution in [2.24, 2.45) is 0 Å². The van der Waals surface area contributed by atoms with Gasteiger partial charge in [0.25, 0.3) is 0 Å². The topological polar surface area (TPSA) is 142 Å². The molecule has 4 N–H and O–H groups in total. The zero-order valence-corrected chi connectivity index (χ0v) is 7.65. The quantitative estimate of drug-likeness (QED) is 0.148. The first-order chi connectivity index (χ1) is 7.06. The number of nitrogens with zero attached hydrogens (tertiary/aromatic N) is 1. The van der Waals surface area contributed by atoms with Gasteiger partial charge in [0.1, 0.15) is 12.3 Å². The molecule has 9 nitrogen and oxygen atoms in total. The summed E-state index contributed by atoms with van der Waals surface area (Å²) in [5.74, 6) is 0. The van der Waals surface area contributed by atoms with Crippen molar-refractivity contribution in [1.29, 1.82) is 0 Å². The number of hydrogen-bond acceptors (Lipinski definition) is 8. The van der Waals surface area contributed by atoms with Gasteiger partial charge in [-0.05, 0) is 0 Å². The molecule has 0 heterocycles. The number of aldehydes is 1. The van der Waals surface area contributed by atoms with Crippen LogP contribution in [0.4, 0.5) is 0 Å². The second-order valence-electron chi connectivity index (χ2n) is 2.58. The highest BCUT2D eigenvalue weighted by molar-refractivity contribution is 5.57. The first kappa shape index (κ1) is 13.9. The normalized spacial score (nSPS) is 16.7. The molecule has 0 aliphatic carbocycles. The monoisotopic (exact) mass is 224 g/mol. The number of rotatable bonds is 8. The molecule has 0 aromatic heterocycles. The maximum atomic E-state index is 10.2. The fraction of sp³-hybridized carbons (Fsp3) is 0.833. The van der Waals surface area contributed by atoms with Gasteiger partial charge in [0.15, 0.2) is 6.10 Å².